The molecule has 1 amide bonds. The molecule has 2 aliphatic heterocycles. The van der Waals surface area contributed by atoms with Crippen LogP contribution >= 0.6 is 0 Å². The van der Waals surface area contributed by atoms with Gasteiger partial charge in [0.1, 0.15) is 6.04 Å². The minimum absolute atomic E-state index is 0.0585. The fraction of sp³-hybridized carbons (Fsp3) is 0.818. The van der Waals surface area contributed by atoms with Gasteiger partial charge in [-0.25, -0.2) is 4.79 Å². The normalized spacial score (nSPS) is 31.5. The third-order valence-electron chi connectivity index (χ3n) is 3.49. The summed E-state index contributed by atoms with van der Waals surface area (Å²) in [6, 6.07) is -0.453. The molecule has 0 aliphatic carbocycles. The Morgan fingerprint density at radius 1 is 1.31 bits per heavy atom. The predicted octanol–water partition coefficient (Wildman–Crippen LogP) is 0.204. The van der Waals surface area contributed by atoms with Gasteiger partial charge in [0, 0.05) is 6.04 Å². The van der Waals surface area contributed by atoms with Crippen LogP contribution in [0.1, 0.15) is 32.1 Å². The third-order valence-corrected chi connectivity index (χ3v) is 3.49. The van der Waals surface area contributed by atoms with Crippen molar-refractivity contribution >= 4 is 11.9 Å². The first kappa shape index (κ1) is 11.4. The van der Waals surface area contributed by atoms with E-state index in [1.54, 1.807) is 4.90 Å². The molecule has 2 atom stereocenters. The van der Waals surface area contributed by atoms with E-state index >= 15 is 0 Å². The summed E-state index contributed by atoms with van der Waals surface area (Å²) >= 11 is 0. The SMILES string of the molecule is O=C(O)[C@@H]1CC[C@@H]2CCCCNCC(=O)N21. The van der Waals surface area contributed by atoms with Gasteiger partial charge < -0.3 is 15.3 Å². The number of carbonyl (C=O) groups excluding carboxylic acids is 1. The van der Waals surface area contributed by atoms with Crippen LogP contribution < -0.4 is 5.32 Å². The number of carboxylic acid groups (broad SMARTS) is 1. The fourth-order valence-corrected chi connectivity index (χ4v) is 2.70. The van der Waals surface area contributed by atoms with E-state index in [2.05, 4.69) is 5.32 Å². The van der Waals surface area contributed by atoms with E-state index in [1.807, 2.05) is 0 Å². The van der Waals surface area contributed by atoms with Crippen molar-refractivity contribution in [2.45, 2.75) is 44.2 Å². The maximum absolute atomic E-state index is 11.9. The molecule has 16 heavy (non-hydrogen) atoms. The highest BCUT2D eigenvalue weighted by molar-refractivity contribution is 5.85. The Balaban J connectivity index is 2.14. The lowest BCUT2D eigenvalue weighted by Crippen LogP contribution is -2.47. The molecular formula is C11H18N2O3. The first-order valence-electron chi connectivity index (χ1n) is 5.95. The summed E-state index contributed by atoms with van der Waals surface area (Å²) in [7, 11) is 0. The summed E-state index contributed by atoms with van der Waals surface area (Å²) in [4.78, 5) is 24.6. The summed E-state index contributed by atoms with van der Waals surface area (Å²) in [5.41, 5.74) is 0. The summed E-state index contributed by atoms with van der Waals surface area (Å²) in [5.74, 6) is -0.924. The lowest BCUT2D eigenvalue weighted by molar-refractivity contribution is -0.149. The van der Waals surface area contributed by atoms with Crippen LogP contribution in [0.15, 0.2) is 0 Å². The van der Waals surface area contributed by atoms with Gasteiger partial charge in [-0.3, -0.25) is 4.79 Å². The number of fused-ring (bicyclic) bond motifs is 1. The average Bonchev–Trinajstić information content (AvgIpc) is 2.67. The highest BCUT2D eigenvalue weighted by atomic mass is 16.4. The molecule has 5 heteroatoms. The van der Waals surface area contributed by atoms with Gasteiger partial charge in [-0.1, -0.05) is 6.42 Å². The van der Waals surface area contributed by atoms with Gasteiger partial charge in [-0.05, 0) is 32.2 Å². The van der Waals surface area contributed by atoms with Crippen molar-refractivity contribution in [1.29, 1.82) is 0 Å². The van der Waals surface area contributed by atoms with Crippen LogP contribution in [0.4, 0.5) is 0 Å². The van der Waals surface area contributed by atoms with E-state index in [1.165, 1.54) is 0 Å². The monoisotopic (exact) mass is 226 g/mol. The van der Waals surface area contributed by atoms with Gasteiger partial charge in [0.15, 0.2) is 0 Å². The fourth-order valence-electron chi connectivity index (χ4n) is 2.70. The van der Waals surface area contributed by atoms with E-state index in [0.29, 0.717) is 6.42 Å². The van der Waals surface area contributed by atoms with Crippen molar-refractivity contribution in [1.82, 2.24) is 10.2 Å². The van der Waals surface area contributed by atoms with Crippen molar-refractivity contribution in [2.75, 3.05) is 13.1 Å². The topological polar surface area (TPSA) is 69.6 Å². The quantitative estimate of drug-likeness (QED) is 0.670. The van der Waals surface area contributed by atoms with Crippen LogP contribution in [0, 0.1) is 0 Å². The lowest BCUT2D eigenvalue weighted by atomic mass is 10.1. The average molecular weight is 226 g/mol. The van der Waals surface area contributed by atoms with Gasteiger partial charge in [-0.2, -0.15) is 0 Å². The number of aliphatic carboxylic acids is 1. The molecule has 0 bridgehead atoms. The first-order chi connectivity index (χ1) is 7.70. The smallest absolute Gasteiger partial charge is 0.326 e. The van der Waals surface area contributed by atoms with Crippen molar-refractivity contribution in [3.8, 4) is 0 Å². The Morgan fingerprint density at radius 2 is 2.12 bits per heavy atom. The molecule has 2 heterocycles. The van der Waals surface area contributed by atoms with Crippen LogP contribution in [0.25, 0.3) is 0 Å². The molecule has 0 radical (unpaired) electrons. The van der Waals surface area contributed by atoms with Gasteiger partial charge in [-0.15, -0.1) is 0 Å². The maximum Gasteiger partial charge on any atom is 0.326 e. The molecule has 90 valence electrons. The molecule has 2 fully saturated rings. The Labute approximate surface area is 94.8 Å². The number of rotatable bonds is 1. The molecule has 2 N–H and O–H groups in total. The molecule has 0 spiro atoms. The highest BCUT2D eigenvalue weighted by Gasteiger charge is 2.40. The molecule has 2 saturated heterocycles. The maximum atomic E-state index is 11.9. The number of carbonyl (C=O) groups is 2. The van der Waals surface area contributed by atoms with Crippen molar-refractivity contribution in [3.63, 3.8) is 0 Å². The molecule has 0 aromatic heterocycles. The Kier molecular flexibility index (Phi) is 3.43. The summed E-state index contributed by atoms with van der Waals surface area (Å²) < 4.78 is 0. The number of carboxylic acids is 1. The molecule has 0 aromatic rings. The van der Waals surface area contributed by atoms with Crippen LogP contribution in [-0.4, -0.2) is 47.1 Å². The molecule has 0 saturated carbocycles. The molecule has 5 nitrogen and oxygen atoms in total. The van der Waals surface area contributed by atoms with Gasteiger partial charge in [0.25, 0.3) is 0 Å². The van der Waals surface area contributed by atoms with E-state index in [0.717, 1.165) is 32.2 Å². The van der Waals surface area contributed by atoms with Crippen LogP contribution in [0.2, 0.25) is 0 Å². The van der Waals surface area contributed by atoms with Crippen LogP contribution in [-0.2, 0) is 9.59 Å². The second-order valence-corrected chi connectivity index (χ2v) is 4.56. The summed E-state index contributed by atoms with van der Waals surface area (Å²) in [5, 5.41) is 12.2. The summed E-state index contributed by atoms with van der Waals surface area (Å²) in [6.45, 7) is 1.13. The minimum atomic E-state index is -0.866. The van der Waals surface area contributed by atoms with Crippen LogP contribution in [0.3, 0.4) is 0 Å². The second-order valence-electron chi connectivity index (χ2n) is 4.56. The zero-order valence-electron chi connectivity index (χ0n) is 9.32. The van der Waals surface area contributed by atoms with E-state index in [4.69, 9.17) is 5.11 Å². The highest BCUT2D eigenvalue weighted by Crippen LogP contribution is 2.28. The van der Waals surface area contributed by atoms with Gasteiger partial charge >= 0.3 is 5.97 Å². The second kappa shape index (κ2) is 4.82. The lowest BCUT2D eigenvalue weighted by Gasteiger charge is -2.27. The number of hydrogen-bond donors (Lipinski definition) is 2. The van der Waals surface area contributed by atoms with E-state index in [-0.39, 0.29) is 18.5 Å². The number of hydrogen-bond acceptors (Lipinski definition) is 3. The molecule has 2 rings (SSSR count). The first-order valence-corrected chi connectivity index (χ1v) is 5.95. The van der Waals surface area contributed by atoms with Gasteiger partial charge in [0.2, 0.25) is 5.91 Å². The van der Waals surface area contributed by atoms with Crippen LogP contribution in [0.5, 0.6) is 0 Å². The standard InChI is InChI=1S/C11H18N2O3/c14-10-7-12-6-2-1-3-8-4-5-9(11(15)16)13(8)10/h8-9,12H,1-7H2,(H,15,16)/t8-,9-/m0/s1. The Morgan fingerprint density at radius 3 is 2.88 bits per heavy atom. The molecule has 0 aromatic carbocycles. The number of amides is 1. The van der Waals surface area contributed by atoms with E-state index in [9.17, 15) is 9.59 Å². The van der Waals surface area contributed by atoms with Crippen molar-refractivity contribution in [2.24, 2.45) is 0 Å². The van der Waals surface area contributed by atoms with Crippen molar-refractivity contribution < 1.29 is 14.7 Å². The molecular weight excluding hydrogens is 208 g/mol. The summed E-state index contributed by atoms with van der Waals surface area (Å²) in [6.07, 6.45) is 4.51. The molecule has 0 unspecified atom stereocenters. The molecule has 2 aliphatic rings. The Bertz CT molecular complexity index is 293. The predicted molar refractivity (Wildman–Crippen MR) is 58.0 cm³/mol. The van der Waals surface area contributed by atoms with Gasteiger partial charge in [0.05, 0.1) is 6.54 Å². The van der Waals surface area contributed by atoms with Crippen molar-refractivity contribution in [3.05, 3.63) is 0 Å². The number of nitrogens with zero attached hydrogens (tertiary/aromatic N) is 1. The zero-order chi connectivity index (χ0) is 11.5. The third kappa shape index (κ3) is 2.19. The Hall–Kier alpha value is -1.10. The number of nitrogens with one attached hydrogen (secondary N) is 1. The minimum Gasteiger partial charge on any atom is -0.480 e. The zero-order valence-corrected chi connectivity index (χ0v) is 9.32. The van der Waals surface area contributed by atoms with E-state index < -0.39 is 12.0 Å². The largest absolute Gasteiger partial charge is 0.480 e.